The Labute approximate surface area is 142 Å². The van der Waals surface area contributed by atoms with Gasteiger partial charge in [0.05, 0.1) is 10.9 Å². The highest BCUT2D eigenvalue weighted by Gasteiger charge is 2.22. The first-order chi connectivity index (χ1) is 11.5. The smallest absolute Gasteiger partial charge is 0.271 e. The van der Waals surface area contributed by atoms with E-state index in [1.807, 2.05) is 25.1 Å². The van der Waals surface area contributed by atoms with Gasteiger partial charge >= 0.3 is 0 Å². The molecule has 1 aliphatic rings. The van der Waals surface area contributed by atoms with Crippen LogP contribution in [0.2, 0.25) is 0 Å². The van der Waals surface area contributed by atoms with Gasteiger partial charge in [0.1, 0.15) is 5.69 Å². The summed E-state index contributed by atoms with van der Waals surface area (Å²) in [5.41, 5.74) is 1.64. The molecule has 1 aromatic heterocycles. The van der Waals surface area contributed by atoms with Gasteiger partial charge in [-0.2, -0.15) is 5.10 Å². The monoisotopic (exact) mass is 344 g/mol. The number of anilines is 1. The minimum atomic E-state index is -0.352. The van der Waals surface area contributed by atoms with E-state index in [0.717, 1.165) is 16.1 Å². The highest BCUT2D eigenvalue weighted by molar-refractivity contribution is 8.00. The summed E-state index contributed by atoms with van der Waals surface area (Å²) >= 11 is 1.54. The molecule has 1 atom stereocenters. The topological polar surface area (TPSA) is 104 Å². The van der Waals surface area contributed by atoms with Crippen molar-refractivity contribution in [2.24, 2.45) is 0 Å². The van der Waals surface area contributed by atoms with Crippen LogP contribution in [-0.2, 0) is 11.2 Å². The molecule has 24 heavy (non-hydrogen) atoms. The van der Waals surface area contributed by atoms with Crippen LogP contribution in [0.3, 0.4) is 0 Å². The number of carbonyl (C=O) groups is 2. The van der Waals surface area contributed by atoms with Crippen LogP contribution < -0.4 is 16.2 Å². The molecule has 3 N–H and O–H groups in total. The summed E-state index contributed by atoms with van der Waals surface area (Å²) in [5, 5.41) is 11.4. The first-order valence-electron chi connectivity index (χ1n) is 7.47. The standard InChI is InChI=1S/C16H16N4O3S/c1-9-15(22)18-12-8-10(2-4-13(12)24-9)6-7-17-16(23)11-3-5-14(21)20-19-11/h2-5,8-9H,6-7H2,1H3,(H,17,23)(H,18,22)(H,20,21). The van der Waals surface area contributed by atoms with Crippen LogP contribution in [0.5, 0.6) is 0 Å². The largest absolute Gasteiger partial charge is 0.350 e. The van der Waals surface area contributed by atoms with Gasteiger partial charge in [-0.1, -0.05) is 6.07 Å². The van der Waals surface area contributed by atoms with Crippen LogP contribution in [-0.4, -0.2) is 33.8 Å². The van der Waals surface area contributed by atoms with E-state index in [4.69, 9.17) is 0 Å². The fraction of sp³-hybridized carbons (Fsp3) is 0.250. The van der Waals surface area contributed by atoms with Crippen LogP contribution in [0.4, 0.5) is 5.69 Å². The van der Waals surface area contributed by atoms with E-state index in [0.29, 0.717) is 13.0 Å². The van der Waals surface area contributed by atoms with Gasteiger partial charge in [0.15, 0.2) is 0 Å². The summed E-state index contributed by atoms with van der Waals surface area (Å²) in [7, 11) is 0. The normalized spacial score (nSPS) is 16.2. The molecule has 1 aromatic carbocycles. The van der Waals surface area contributed by atoms with Crippen LogP contribution in [0, 0.1) is 0 Å². The minimum Gasteiger partial charge on any atom is -0.350 e. The van der Waals surface area contributed by atoms with Gasteiger partial charge in [-0.25, -0.2) is 5.10 Å². The maximum atomic E-state index is 11.9. The summed E-state index contributed by atoms with van der Waals surface area (Å²) in [6.07, 6.45) is 0.623. The van der Waals surface area contributed by atoms with Gasteiger partial charge in [-0.15, -0.1) is 11.8 Å². The zero-order valence-corrected chi connectivity index (χ0v) is 13.8. The number of rotatable bonds is 4. The Morgan fingerprint density at radius 3 is 2.88 bits per heavy atom. The second-order valence-electron chi connectivity index (χ2n) is 5.39. The molecular formula is C16H16N4O3S. The molecule has 0 spiro atoms. The summed E-state index contributed by atoms with van der Waals surface area (Å²) in [6, 6.07) is 8.53. The van der Waals surface area contributed by atoms with Crippen LogP contribution in [0.1, 0.15) is 23.0 Å². The number of thioether (sulfide) groups is 1. The first kappa shape index (κ1) is 16.3. The molecule has 0 bridgehead atoms. The van der Waals surface area contributed by atoms with Crippen molar-refractivity contribution in [1.82, 2.24) is 15.5 Å². The summed E-state index contributed by atoms with van der Waals surface area (Å²) in [5.74, 6) is -0.344. The molecule has 0 fully saturated rings. The van der Waals surface area contributed by atoms with Crippen molar-refractivity contribution in [2.45, 2.75) is 23.5 Å². The molecule has 1 unspecified atom stereocenters. The molecule has 0 saturated carbocycles. The fourth-order valence-corrected chi connectivity index (χ4v) is 3.22. The Morgan fingerprint density at radius 1 is 1.29 bits per heavy atom. The number of hydrogen-bond donors (Lipinski definition) is 3. The highest BCUT2D eigenvalue weighted by Crippen LogP contribution is 2.35. The number of nitrogens with zero attached hydrogens (tertiary/aromatic N) is 1. The van der Waals surface area contributed by atoms with Crippen molar-refractivity contribution in [3.8, 4) is 0 Å². The lowest BCUT2D eigenvalue weighted by Crippen LogP contribution is -2.28. The van der Waals surface area contributed by atoms with Crippen molar-refractivity contribution in [1.29, 1.82) is 0 Å². The molecule has 1 aliphatic heterocycles. The molecule has 2 aromatic rings. The molecule has 2 heterocycles. The zero-order chi connectivity index (χ0) is 17.1. The number of aromatic amines is 1. The summed E-state index contributed by atoms with van der Waals surface area (Å²) < 4.78 is 0. The van der Waals surface area contributed by atoms with E-state index < -0.39 is 0 Å². The molecule has 0 aliphatic carbocycles. The van der Waals surface area contributed by atoms with Gasteiger partial charge in [0.2, 0.25) is 5.91 Å². The maximum absolute atomic E-state index is 11.9. The number of carbonyl (C=O) groups excluding carboxylic acids is 2. The molecular weight excluding hydrogens is 328 g/mol. The number of aromatic nitrogens is 2. The Bertz CT molecular complexity index is 829. The third kappa shape index (κ3) is 3.65. The summed E-state index contributed by atoms with van der Waals surface area (Å²) in [6.45, 7) is 2.30. The van der Waals surface area contributed by atoms with E-state index in [1.165, 1.54) is 23.9 Å². The van der Waals surface area contributed by atoms with Gasteiger partial charge in [-0.3, -0.25) is 14.4 Å². The van der Waals surface area contributed by atoms with Gasteiger partial charge < -0.3 is 10.6 Å². The number of amides is 2. The van der Waals surface area contributed by atoms with Gasteiger partial charge in [0, 0.05) is 17.5 Å². The fourth-order valence-electron chi connectivity index (χ4n) is 2.29. The van der Waals surface area contributed by atoms with E-state index >= 15 is 0 Å². The number of nitrogens with one attached hydrogen (secondary N) is 3. The lowest BCUT2D eigenvalue weighted by Gasteiger charge is -2.21. The molecule has 3 rings (SSSR count). The third-order valence-electron chi connectivity index (χ3n) is 3.59. The number of hydrogen-bond acceptors (Lipinski definition) is 5. The molecule has 0 radical (unpaired) electrons. The quantitative estimate of drug-likeness (QED) is 0.772. The molecule has 7 nitrogen and oxygen atoms in total. The van der Waals surface area contributed by atoms with Crippen LogP contribution in [0.15, 0.2) is 40.0 Å². The van der Waals surface area contributed by atoms with E-state index in [1.54, 1.807) is 0 Å². The van der Waals surface area contributed by atoms with Crippen molar-refractivity contribution in [3.05, 3.63) is 51.9 Å². The Kier molecular flexibility index (Phi) is 4.66. The lowest BCUT2D eigenvalue weighted by atomic mass is 10.1. The van der Waals surface area contributed by atoms with E-state index in [9.17, 15) is 14.4 Å². The molecule has 8 heteroatoms. The van der Waals surface area contributed by atoms with Crippen molar-refractivity contribution in [3.63, 3.8) is 0 Å². The Hall–Kier alpha value is -2.61. The molecule has 124 valence electrons. The highest BCUT2D eigenvalue weighted by atomic mass is 32.2. The van der Waals surface area contributed by atoms with Crippen molar-refractivity contribution in [2.75, 3.05) is 11.9 Å². The predicted octanol–water partition coefficient (Wildman–Crippen LogP) is 1.18. The Balaban J connectivity index is 1.58. The van der Waals surface area contributed by atoms with E-state index in [2.05, 4.69) is 20.8 Å². The van der Waals surface area contributed by atoms with E-state index in [-0.39, 0.29) is 28.3 Å². The minimum absolute atomic E-state index is 0.00194. The van der Waals surface area contributed by atoms with Crippen molar-refractivity contribution >= 4 is 29.3 Å². The molecule has 0 saturated heterocycles. The average molecular weight is 344 g/mol. The number of fused-ring (bicyclic) bond motifs is 1. The zero-order valence-electron chi connectivity index (χ0n) is 13.0. The van der Waals surface area contributed by atoms with Crippen molar-refractivity contribution < 1.29 is 9.59 Å². The van der Waals surface area contributed by atoms with Crippen LogP contribution in [0.25, 0.3) is 0 Å². The van der Waals surface area contributed by atoms with Crippen LogP contribution >= 0.6 is 11.8 Å². The number of H-pyrrole nitrogens is 1. The molecule has 2 amide bonds. The second-order valence-corrected chi connectivity index (χ2v) is 6.77. The van der Waals surface area contributed by atoms with Gasteiger partial charge in [0.25, 0.3) is 11.5 Å². The maximum Gasteiger partial charge on any atom is 0.271 e. The predicted molar refractivity (Wildman–Crippen MR) is 91.3 cm³/mol. The second kappa shape index (κ2) is 6.88. The van der Waals surface area contributed by atoms with Gasteiger partial charge in [-0.05, 0) is 37.1 Å². The first-order valence-corrected chi connectivity index (χ1v) is 8.35. The summed E-state index contributed by atoms with van der Waals surface area (Å²) in [4.78, 5) is 35.6. The number of benzene rings is 1. The lowest BCUT2D eigenvalue weighted by molar-refractivity contribution is -0.115. The third-order valence-corrected chi connectivity index (χ3v) is 4.76. The Morgan fingerprint density at radius 2 is 2.12 bits per heavy atom. The average Bonchev–Trinajstić information content (AvgIpc) is 2.56. The SMILES string of the molecule is CC1Sc2ccc(CCNC(=O)c3ccc(=O)[nH]n3)cc2NC1=O.